The average Bonchev–Trinajstić information content (AvgIpc) is 3.22. The number of carbonyl (C=O) groups is 3. The Morgan fingerprint density at radius 1 is 1.15 bits per heavy atom. The van der Waals surface area contributed by atoms with Crippen molar-refractivity contribution in [3.63, 3.8) is 0 Å². The number of hydrogen-bond acceptors (Lipinski definition) is 5. The molecule has 0 saturated carbocycles. The van der Waals surface area contributed by atoms with Crippen molar-refractivity contribution in [3.05, 3.63) is 30.2 Å². The number of nitrogens with one attached hydrogen (secondary N) is 1. The van der Waals surface area contributed by atoms with Gasteiger partial charge < -0.3 is 19.5 Å². The van der Waals surface area contributed by atoms with E-state index in [0.717, 1.165) is 0 Å². The van der Waals surface area contributed by atoms with Crippen molar-refractivity contribution in [2.24, 2.45) is 0 Å². The minimum atomic E-state index is -0.418. The van der Waals surface area contributed by atoms with Crippen LogP contribution < -0.4 is 5.32 Å². The van der Waals surface area contributed by atoms with Crippen LogP contribution in [0.15, 0.2) is 29.0 Å². The highest BCUT2D eigenvalue weighted by Crippen LogP contribution is 2.17. The smallest absolute Gasteiger partial charge is 0.254 e. The second-order valence-corrected chi connectivity index (χ2v) is 6.66. The van der Waals surface area contributed by atoms with Crippen molar-refractivity contribution in [3.8, 4) is 0 Å². The second-order valence-electron chi connectivity index (χ2n) is 6.66. The second kappa shape index (κ2) is 6.78. The Balaban J connectivity index is 1.42. The maximum absolute atomic E-state index is 12.8. The first kappa shape index (κ1) is 16.6. The molecule has 2 saturated heterocycles. The minimum absolute atomic E-state index is 0.0479. The summed E-state index contributed by atoms with van der Waals surface area (Å²) in [6.07, 6.45) is 3.02. The van der Waals surface area contributed by atoms with Crippen LogP contribution in [0.4, 0.5) is 0 Å². The molecule has 2 aliphatic rings. The van der Waals surface area contributed by atoms with Crippen LogP contribution in [-0.4, -0.2) is 64.7 Å². The topological polar surface area (TPSA) is 95.8 Å². The highest BCUT2D eigenvalue weighted by atomic mass is 16.3. The largest absolute Gasteiger partial charge is 0.443 e. The molecule has 3 heterocycles. The van der Waals surface area contributed by atoms with Gasteiger partial charge >= 0.3 is 0 Å². The van der Waals surface area contributed by atoms with E-state index in [-0.39, 0.29) is 17.7 Å². The standard InChI is InChI=1S/C18H20N4O4/c23-16-5-4-14(20-16)18(25)22-7-1-6-21(8-9-22)17(24)12-2-3-13-15(10-12)26-11-19-13/h2-3,10-11,14H,1,4-9H2,(H,20,23). The lowest BCUT2D eigenvalue weighted by atomic mass is 10.1. The molecular weight excluding hydrogens is 336 g/mol. The van der Waals surface area contributed by atoms with Crippen LogP contribution in [0.25, 0.3) is 11.1 Å². The van der Waals surface area contributed by atoms with Crippen LogP contribution in [0.2, 0.25) is 0 Å². The molecule has 4 rings (SSSR count). The SMILES string of the molecule is O=C1CCC(C(=O)N2CCCN(C(=O)c3ccc4ncoc4c3)CC2)N1. The lowest BCUT2D eigenvalue weighted by Crippen LogP contribution is -2.46. The molecule has 0 radical (unpaired) electrons. The van der Waals surface area contributed by atoms with Crippen LogP contribution in [0.3, 0.4) is 0 Å². The fourth-order valence-corrected chi connectivity index (χ4v) is 3.53. The van der Waals surface area contributed by atoms with Gasteiger partial charge in [-0.15, -0.1) is 0 Å². The maximum Gasteiger partial charge on any atom is 0.254 e. The average molecular weight is 356 g/mol. The van der Waals surface area contributed by atoms with Gasteiger partial charge in [-0.05, 0) is 31.0 Å². The molecule has 2 fully saturated rings. The van der Waals surface area contributed by atoms with Gasteiger partial charge in [-0.2, -0.15) is 0 Å². The molecule has 26 heavy (non-hydrogen) atoms. The van der Waals surface area contributed by atoms with Crippen molar-refractivity contribution in [2.75, 3.05) is 26.2 Å². The summed E-state index contributed by atoms with van der Waals surface area (Å²) in [6.45, 7) is 2.13. The normalized spacial score (nSPS) is 20.9. The Bertz CT molecular complexity index is 862. The number of benzene rings is 1. The van der Waals surface area contributed by atoms with Crippen LogP contribution in [0, 0.1) is 0 Å². The van der Waals surface area contributed by atoms with Gasteiger partial charge in [0.2, 0.25) is 11.8 Å². The number of fused-ring (bicyclic) bond motifs is 1. The summed E-state index contributed by atoms with van der Waals surface area (Å²) in [5, 5.41) is 2.72. The lowest BCUT2D eigenvalue weighted by molar-refractivity contribution is -0.134. The van der Waals surface area contributed by atoms with Gasteiger partial charge in [0, 0.05) is 38.2 Å². The molecule has 1 unspecified atom stereocenters. The minimum Gasteiger partial charge on any atom is -0.443 e. The number of oxazole rings is 1. The Labute approximate surface area is 150 Å². The van der Waals surface area contributed by atoms with Gasteiger partial charge in [0.25, 0.3) is 5.91 Å². The van der Waals surface area contributed by atoms with E-state index < -0.39 is 6.04 Å². The molecular formula is C18H20N4O4. The monoisotopic (exact) mass is 356 g/mol. The molecule has 0 bridgehead atoms. The Kier molecular flexibility index (Phi) is 4.32. The summed E-state index contributed by atoms with van der Waals surface area (Å²) in [5.41, 5.74) is 1.85. The summed E-state index contributed by atoms with van der Waals surface area (Å²) in [5.74, 6) is -0.196. The fraction of sp³-hybridized carbons (Fsp3) is 0.444. The van der Waals surface area contributed by atoms with Crippen molar-refractivity contribution in [1.82, 2.24) is 20.1 Å². The van der Waals surface area contributed by atoms with E-state index in [0.29, 0.717) is 62.1 Å². The summed E-state index contributed by atoms with van der Waals surface area (Å²) < 4.78 is 5.27. The predicted molar refractivity (Wildman–Crippen MR) is 92.3 cm³/mol. The van der Waals surface area contributed by atoms with E-state index in [2.05, 4.69) is 10.3 Å². The number of nitrogens with zero attached hydrogens (tertiary/aromatic N) is 3. The van der Waals surface area contributed by atoms with E-state index in [1.54, 1.807) is 28.0 Å². The zero-order valence-corrected chi connectivity index (χ0v) is 14.3. The van der Waals surface area contributed by atoms with E-state index in [9.17, 15) is 14.4 Å². The zero-order valence-electron chi connectivity index (χ0n) is 14.3. The van der Waals surface area contributed by atoms with Crippen molar-refractivity contribution < 1.29 is 18.8 Å². The first-order valence-electron chi connectivity index (χ1n) is 8.82. The number of amides is 3. The zero-order chi connectivity index (χ0) is 18.1. The van der Waals surface area contributed by atoms with Crippen LogP contribution in [0.5, 0.6) is 0 Å². The number of hydrogen-bond donors (Lipinski definition) is 1. The van der Waals surface area contributed by atoms with Gasteiger partial charge in [-0.1, -0.05) is 0 Å². The molecule has 1 aromatic carbocycles. The maximum atomic E-state index is 12.8. The molecule has 0 aliphatic carbocycles. The van der Waals surface area contributed by atoms with E-state index in [4.69, 9.17) is 4.42 Å². The quantitative estimate of drug-likeness (QED) is 0.858. The Hall–Kier alpha value is -2.90. The summed E-state index contributed by atoms with van der Waals surface area (Å²) in [6, 6.07) is 4.79. The van der Waals surface area contributed by atoms with Crippen molar-refractivity contribution in [2.45, 2.75) is 25.3 Å². The molecule has 3 amide bonds. The number of carbonyl (C=O) groups excluding carboxylic acids is 3. The fourth-order valence-electron chi connectivity index (χ4n) is 3.53. The third kappa shape index (κ3) is 3.14. The predicted octanol–water partition coefficient (Wildman–Crippen LogP) is 0.781. The van der Waals surface area contributed by atoms with Crippen LogP contribution >= 0.6 is 0 Å². The summed E-state index contributed by atoms with van der Waals surface area (Å²) >= 11 is 0. The van der Waals surface area contributed by atoms with Gasteiger partial charge in [0.05, 0.1) is 0 Å². The Morgan fingerprint density at radius 3 is 2.77 bits per heavy atom. The van der Waals surface area contributed by atoms with Crippen molar-refractivity contribution >= 4 is 28.8 Å². The molecule has 1 N–H and O–H groups in total. The third-order valence-corrected chi connectivity index (χ3v) is 4.97. The number of rotatable bonds is 2. The van der Waals surface area contributed by atoms with Crippen molar-refractivity contribution in [1.29, 1.82) is 0 Å². The highest BCUT2D eigenvalue weighted by Gasteiger charge is 2.32. The molecule has 2 aromatic rings. The molecule has 2 aliphatic heterocycles. The van der Waals surface area contributed by atoms with E-state index in [1.165, 1.54) is 6.39 Å². The van der Waals surface area contributed by atoms with Crippen LogP contribution in [0.1, 0.15) is 29.6 Å². The summed E-state index contributed by atoms with van der Waals surface area (Å²) in [7, 11) is 0. The number of aromatic nitrogens is 1. The first-order valence-corrected chi connectivity index (χ1v) is 8.82. The van der Waals surface area contributed by atoms with Gasteiger partial charge in [0.15, 0.2) is 12.0 Å². The molecule has 8 nitrogen and oxygen atoms in total. The van der Waals surface area contributed by atoms with Gasteiger partial charge in [-0.25, -0.2) is 4.98 Å². The molecule has 8 heteroatoms. The lowest BCUT2D eigenvalue weighted by Gasteiger charge is -2.24. The van der Waals surface area contributed by atoms with E-state index in [1.807, 2.05) is 0 Å². The first-order chi connectivity index (χ1) is 12.6. The molecule has 1 aromatic heterocycles. The molecule has 0 spiro atoms. The third-order valence-electron chi connectivity index (χ3n) is 4.97. The molecule has 1 atom stereocenters. The van der Waals surface area contributed by atoms with Gasteiger partial charge in [-0.3, -0.25) is 14.4 Å². The van der Waals surface area contributed by atoms with Crippen LogP contribution in [-0.2, 0) is 9.59 Å². The van der Waals surface area contributed by atoms with Gasteiger partial charge in [0.1, 0.15) is 11.6 Å². The van der Waals surface area contributed by atoms with E-state index >= 15 is 0 Å². The molecule has 136 valence electrons. The highest BCUT2D eigenvalue weighted by molar-refractivity contribution is 5.97. The Morgan fingerprint density at radius 2 is 1.96 bits per heavy atom. The summed E-state index contributed by atoms with van der Waals surface area (Å²) in [4.78, 5) is 44.2.